The fourth-order valence-corrected chi connectivity index (χ4v) is 4.28. The molecule has 120 valence electrons. The highest BCUT2D eigenvalue weighted by Crippen LogP contribution is 2.33. The molecular formula is C18H22N4S. The van der Waals surface area contributed by atoms with Gasteiger partial charge in [0.05, 0.1) is 11.6 Å². The third-order valence-electron chi connectivity index (χ3n) is 4.53. The summed E-state index contributed by atoms with van der Waals surface area (Å²) in [4.78, 5) is 0. The highest BCUT2D eigenvalue weighted by atomic mass is 32.2. The van der Waals surface area contributed by atoms with Crippen LogP contribution in [0.3, 0.4) is 0 Å². The van der Waals surface area contributed by atoms with Gasteiger partial charge in [-0.15, -0.1) is 10.2 Å². The maximum atomic E-state index is 9.20. The molecule has 0 spiro atoms. The number of rotatable bonds is 5. The van der Waals surface area contributed by atoms with Crippen molar-refractivity contribution in [3.8, 4) is 6.07 Å². The van der Waals surface area contributed by atoms with Crippen LogP contribution in [0.25, 0.3) is 0 Å². The average Bonchev–Trinajstić information content (AvgIpc) is 3.03. The number of hydrogen-bond donors (Lipinski definition) is 0. The largest absolute Gasteiger partial charge is 0.306 e. The molecule has 1 heterocycles. The zero-order valence-corrected chi connectivity index (χ0v) is 14.4. The van der Waals surface area contributed by atoms with Crippen LogP contribution in [0.15, 0.2) is 29.4 Å². The van der Waals surface area contributed by atoms with E-state index in [1.165, 1.54) is 32.1 Å². The molecule has 0 amide bonds. The van der Waals surface area contributed by atoms with Crippen molar-refractivity contribution in [3.05, 3.63) is 41.2 Å². The third-order valence-corrected chi connectivity index (χ3v) is 5.54. The van der Waals surface area contributed by atoms with Crippen LogP contribution in [0.5, 0.6) is 0 Å². The van der Waals surface area contributed by atoms with Gasteiger partial charge in [0.2, 0.25) is 0 Å². The fourth-order valence-electron chi connectivity index (χ4n) is 3.26. The molecule has 0 saturated heterocycles. The number of aromatic nitrogens is 3. The van der Waals surface area contributed by atoms with Gasteiger partial charge in [0.25, 0.3) is 0 Å². The van der Waals surface area contributed by atoms with Crippen molar-refractivity contribution in [2.45, 2.75) is 62.4 Å². The Morgan fingerprint density at radius 3 is 2.74 bits per heavy atom. The van der Waals surface area contributed by atoms with Crippen molar-refractivity contribution < 1.29 is 0 Å². The van der Waals surface area contributed by atoms with Crippen LogP contribution in [0.4, 0.5) is 0 Å². The lowest BCUT2D eigenvalue weighted by Crippen LogP contribution is -2.12. The van der Waals surface area contributed by atoms with Gasteiger partial charge < -0.3 is 4.57 Å². The van der Waals surface area contributed by atoms with Gasteiger partial charge in [-0.3, -0.25) is 0 Å². The molecule has 5 heteroatoms. The van der Waals surface area contributed by atoms with E-state index in [0.717, 1.165) is 34.4 Å². The van der Waals surface area contributed by atoms with Crippen molar-refractivity contribution in [2.24, 2.45) is 0 Å². The summed E-state index contributed by atoms with van der Waals surface area (Å²) in [7, 11) is 0. The summed E-state index contributed by atoms with van der Waals surface area (Å²) < 4.78 is 2.26. The molecular weight excluding hydrogens is 304 g/mol. The van der Waals surface area contributed by atoms with E-state index in [-0.39, 0.29) is 0 Å². The first-order valence-corrected chi connectivity index (χ1v) is 9.36. The zero-order chi connectivity index (χ0) is 16.1. The Balaban J connectivity index is 1.75. The molecule has 0 radical (unpaired) electrons. The lowest BCUT2D eigenvalue weighted by molar-refractivity contribution is 0.413. The molecule has 1 saturated carbocycles. The summed E-state index contributed by atoms with van der Waals surface area (Å²) in [5.74, 6) is 2.48. The van der Waals surface area contributed by atoms with Crippen LogP contribution >= 0.6 is 11.8 Å². The highest BCUT2D eigenvalue weighted by Gasteiger charge is 2.22. The van der Waals surface area contributed by atoms with Crippen LogP contribution in [-0.4, -0.2) is 14.8 Å². The second-order valence-electron chi connectivity index (χ2n) is 5.98. The molecule has 0 bridgehead atoms. The van der Waals surface area contributed by atoms with E-state index in [1.54, 1.807) is 11.8 Å². The third kappa shape index (κ3) is 3.59. The van der Waals surface area contributed by atoms with Crippen LogP contribution in [0.1, 0.15) is 61.9 Å². The molecule has 1 aromatic heterocycles. The van der Waals surface area contributed by atoms with E-state index in [0.29, 0.717) is 5.92 Å². The number of hydrogen-bond acceptors (Lipinski definition) is 4. The lowest BCUT2D eigenvalue weighted by atomic mass is 9.89. The molecule has 3 rings (SSSR count). The number of nitriles is 1. The molecule has 1 aliphatic carbocycles. The Hall–Kier alpha value is -1.80. The molecule has 23 heavy (non-hydrogen) atoms. The first-order chi connectivity index (χ1) is 11.3. The van der Waals surface area contributed by atoms with E-state index < -0.39 is 0 Å². The zero-order valence-electron chi connectivity index (χ0n) is 13.5. The van der Waals surface area contributed by atoms with Gasteiger partial charge in [-0.05, 0) is 31.4 Å². The van der Waals surface area contributed by atoms with E-state index in [1.807, 2.05) is 24.3 Å². The maximum Gasteiger partial charge on any atom is 0.191 e. The van der Waals surface area contributed by atoms with Gasteiger partial charge in [0, 0.05) is 18.2 Å². The monoisotopic (exact) mass is 326 g/mol. The van der Waals surface area contributed by atoms with Crippen LogP contribution < -0.4 is 0 Å². The fraction of sp³-hybridized carbons (Fsp3) is 0.500. The number of thioether (sulfide) groups is 1. The Morgan fingerprint density at radius 1 is 1.22 bits per heavy atom. The van der Waals surface area contributed by atoms with Crippen molar-refractivity contribution in [2.75, 3.05) is 0 Å². The highest BCUT2D eigenvalue weighted by molar-refractivity contribution is 7.98. The van der Waals surface area contributed by atoms with Crippen molar-refractivity contribution in [3.63, 3.8) is 0 Å². The molecule has 0 unspecified atom stereocenters. The van der Waals surface area contributed by atoms with Gasteiger partial charge in [-0.1, -0.05) is 49.2 Å². The van der Waals surface area contributed by atoms with Crippen LogP contribution in [0, 0.1) is 11.3 Å². The molecule has 1 fully saturated rings. The standard InChI is InChI=1S/C18H22N4S/c1-2-22-17(14-8-4-3-5-9-14)20-21-18(22)23-13-16-11-7-6-10-15(16)12-19/h6-7,10-11,14H,2-5,8-9,13H2,1H3. The smallest absolute Gasteiger partial charge is 0.191 e. The molecule has 1 aromatic carbocycles. The minimum atomic E-state index is 0.567. The first kappa shape index (κ1) is 16.1. The SMILES string of the molecule is CCn1c(SCc2ccccc2C#N)nnc1C1CCCCC1. The lowest BCUT2D eigenvalue weighted by Gasteiger charge is -2.21. The summed E-state index contributed by atoms with van der Waals surface area (Å²) in [5, 5.41) is 19.1. The molecule has 2 aromatic rings. The van der Waals surface area contributed by atoms with Gasteiger partial charge in [0.15, 0.2) is 5.16 Å². The second kappa shape index (κ2) is 7.65. The molecule has 0 aliphatic heterocycles. The summed E-state index contributed by atoms with van der Waals surface area (Å²) in [6.07, 6.45) is 6.43. The van der Waals surface area contributed by atoms with E-state index >= 15 is 0 Å². The van der Waals surface area contributed by atoms with Crippen LogP contribution in [0.2, 0.25) is 0 Å². The summed E-state index contributed by atoms with van der Waals surface area (Å²) in [6.45, 7) is 3.06. The van der Waals surface area contributed by atoms with Crippen molar-refractivity contribution >= 4 is 11.8 Å². The van der Waals surface area contributed by atoms with E-state index in [2.05, 4.69) is 27.8 Å². The number of nitrogens with zero attached hydrogens (tertiary/aromatic N) is 4. The molecule has 0 atom stereocenters. The van der Waals surface area contributed by atoms with Crippen molar-refractivity contribution in [1.29, 1.82) is 5.26 Å². The number of benzene rings is 1. The molecule has 1 aliphatic rings. The Kier molecular flexibility index (Phi) is 5.35. The van der Waals surface area contributed by atoms with Gasteiger partial charge in [0.1, 0.15) is 5.82 Å². The summed E-state index contributed by atoms with van der Waals surface area (Å²) >= 11 is 1.68. The summed E-state index contributed by atoms with van der Waals surface area (Å²) in [6, 6.07) is 10.0. The molecule has 4 nitrogen and oxygen atoms in total. The minimum absolute atomic E-state index is 0.567. The topological polar surface area (TPSA) is 54.5 Å². The van der Waals surface area contributed by atoms with Crippen molar-refractivity contribution in [1.82, 2.24) is 14.8 Å². The second-order valence-corrected chi connectivity index (χ2v) is 6.92. The van der Waals surface area contributed by atoms with Gasteiger partial charge in [-0.2, -0.15) is 5.26 Å². The van der Waals surface area contributed by atoms with Gasteiger partial charge >= 0.3 is 0 Å². The predicted molar refractivity (Wildman–Crippen MR) is 92.2 cm³/mol. The van der Waals surface area contributed by atoms with E-state index in [9.17, 15) is 5.26 Å². The Labute approximate surface area is 141 Å². The summed E-state index contributed by atoms with van der Waals surface area (Å²) in [5.41, 5.74) is 1.81. The quantitative estimate of drug-likeness (QED) is 0.759. The predicted octanol–water partition coefficient (Wildman–Crippen LogP) is 4.51. The first-order valence-electron chi connectivity index (χ1n) is 8.37. The maximum absolute atomic E-state index is 9.20. The Morgan fingerprint density at radius 2 is 2.00 bits per heavy atom. The van der Waals surface area contributed by atoms with Gasteiger partial charge in [-0.25, -0.2) is 0 Å². The average molecular weight is 326 g/mol. The van der Waals surface area contributed by atoms with Crippen LogP contribution in [-0.2, 0) is 12.3 Å². The van der Waals surface area contributed by atoms with E-state index in [4.69, 9.17) is 0 Å². The minimum Gasteiger partial charge on any atom is -0.306 e. The Bertz CT molecular complexity index is 695. The normalized spacial score (nSPS) is 15.5. The molecule has 0 N–H and O–H groups in total.